The van der Waals surface area contributed by atoms with Crippen LogP contribution in [-0.4, -0.2) is 47.4 Å². The highest BCUT2D eigenvalue weighted by molar-refractivity contribution is 5.76. The third kappa shape index (κ3) is 79.3. The lowest BCUT2D eigenvalue weighted by molar-refractivity contribution is -0.143. The molecule has 0 aromatic rings. The summed E-state index contributed by atoms with van der Waals surface area (Å²) in [6.45, 7) is 4.96. The third-order valence-corrected chi connectivity index (χ3v) is 20.7. The Kier molecular flexibility index (Phi) is 82.3. The fourth-order valence-electron chi connectivity index (χ4n) is 14.1. The minimum absolute atomic E-state index is 0.0170. The standard InChI is InChI=1S/C88H171NO5/c1-3-5-7-9-11-13-15-17-19-21-22-23-24-40-43-46-49-52-56-60-64-68-72-76-80-86(91)85(84-90)89-87(92)81-77-73-69-65-61-57-53-50-47-44-41-38-36-34-32-30-28-26-25-27-29-31-33-35-37-39-42-45-48-51-55-59-63-67-71-75-79-83-94-88(93)82-78-74-70-66-62-58-54-20-18-16-14-12-10-8-6-4-2/h20,54,76,80,85-86,90-91H,3-19,21-53,55-75,77-79,81-84H2,1-2H3,(H,89,92)/b54-20-,80-76+. The number of esters is 1. The van der Waals surface area contributed by atoms with Crippen molar-refractivity contribution in [3.05, 3.63) is 24.3 Å². The quantitative estimate of drug-likeness (QED) is 0.0320. The van der Waals surface area contributed by atoms with Crippen LogP contribution in [0.3, 0.4) is 0 Å². The van der Waals surface area contributed by atoms with Crippen LogP contribution in [-0.2, 0) is 14.3 Å². The Morgan fingerprint density at radius 3 is 0.755 bits per heavy atom. The van der Waals surface area contributed by atoms with Gasteiger partial charge in [-0.2, -0.15) is 0 Å². The molecule has 0 aliphatic carbocycles. The van der Waals surface area contributed by atoms with Crippen LogP contribution in [0.4, 0.5) is 0 Å². The molecular formula is C88H171NO5. The number of allylic oxidation sites excluding steroid dienone is 3. The van der Waals surface area contributed by atoms with Gasteiger partial charge in [0.05, 0.1) is 25.4 Å². The van der Waals surface area contributed by atoms with E-state index in [-0.39, 0.29) is 18.5 Å². The SMILES string of the molecule is CCCCCCCCC/C=C\CCCCCCCC(=O)OCCCCCCCCCCCCCCCCCCCCCCCCCCCCCCCCCCCCCCCC(=O)NC(CO)C(O)/C=C/CCCCCCCCCCCCCCCCCCCCCCCC. The summed E-state index contributed by atoms with van der Waals surface area (Å²) < 4.78 is 5.51. The Bertz CT molecular complexity index is 1480. The number of aliphatic hydroxyl groups is 2. The number of carbonyl (C=O) groups excluding carboxylic acids is 2. The third-order valence-electron chi connectivity index (χ3n) is 20.7. The maximum absolute atomic E-state index is 12.6. The van der Waals surface area contributed by atoms with Crippen molar-refractivity contribution in [1.29, 1.82) is 0 Å². The summed E-state index contributed by atoms with van der Waals surface area (Å²) in [5.41, 5.74) is 0. The van der Waals surface area contributed by atoms with Gasteiger partial charge < -0.3 is 20.3 Å². The molecule has 558 valence electrons. The molecule has 0 aliphatic heterocycles. The zero-order valence-electron chi connectivity index (χ0n) is 64.2. The van der Waals surface area contributed by atoms with Crippen molar-refractivity contribution in [3.63, 3.8) is 0 Å². The van der Waals surface area contributed by atoms with E-state index in [9.17, 15) is 19.8 Å². The molecule has 1 amide bonds. The topological polar surface area (TPSA) is 95.9 Å². The van der Waals surface area contributed by atoms with Crippen LogP contribution in [0, 0.1) is 0 Å². The first kappa shape index (κ1) is 92.3. The molecule has 0 spiro atoms. The lowest BCUT2D eigenvalue weighted by Gasteiger charge is -2.20. The Hall–Kier alpha value is -1.66. The number of amides is 1. The second-order valence-electron chi connectivity index (χ2n) is 30.2. The van der Waals surface area contributed by atoms with Gasteiger partial charge in [-0.25, -0.2) is 0 Å². The summed E-state index contributed by atoms with van der Waals surface area (Å²) in [6, 6.07) is -0.625. The first-order chi connectivity index (χ1) is 46.5. The van der Waals surface area contributed by atoms with E-state index in [2.05, 4.69) is 31.3 Å². The summed E-state index contributed by atoms with van der Waals surface area (Å²) >= 11 is 0. The van der Waals surface area contributed by atoms with E-state index >= 15 is 0 Å². The molecule has 0 radical (unpaired) electrons. The zero-order chi connectivity index (χ0) is 67.7. The monoisotopic (exact) mass is 1320 g/mol. The van der Waals surface area contributed by atoms with Gasteiger partial charge in [0.25, 0.3) is 0 Å². The smallest absolute Gasteiger partial charge is 0.305 e. The van der Waals surface area contributed by atoms with Gasteiger partial charge in [-0.15, -0.1) is 0 Å². The molecular weight excluding hydrogens is 1150 g/mol. The molecule has 6 heteroatoms. The van der Waals surface area contributed by atoms with Crippen molar-refractivity contribution < 1.29 is 24.5 Å². The molecule has 6 nitrogen and oxygen atoms in total. The molecule has 0 aliphatic rings. The first-order valence-corrected chi connectivity index (χ1v) is 43.6. The summed E-state index contributed by atoms with van der Waals surface area (Å²) in [4.78, 5) is 24.7. The zero-order valence-corrected chi connectivity index (χ0v) is 64.2. The van der Waals surface area contributed by atoms with Gasteiger partial charge in [0.2, 0.25) is 5.91 Å². The highest BCUT2D eigenvalue weighted by Gasteiger charge is 2.18. The van der Waals surface area contributed by atoms with Gasteiger partial charge in [0.1, 0.15) is 0 Å². The highest BCUT2D eigenvalue weighted by Crippen LogP contribution is 2.21. The summed E-state index contributed by atoms with van der Waals surface area (Å²) in [5.74, 6) is -0.0394. The number of nitrogens with one attached hydrogen (secondary N) is 1. The van der Waals surface area contributed by atoms with E-state index in [0.717, 1.165) is 44.9 Å². The van der Waals surface area contributed by atoms with Crippen molar-refractivity contribution in [1.82, 2.24) is 5.32 Å². The van der Waals surface area contributed by atoms with E-state index in [1.165, 1.54) is 430 Å². The number of unbranched alkanes of at least 4 members (excludes halogenated alkanes) is 70. The fourth-order valence-corrected chi connectivity index (χ4v) is 14.1. The van der Waals surface area contributed by atoms with Crippen LogP contribution in [0.1, 0.15) is 502 Å². The molecule has 3 N–H and O–H groups in total. The van der Waals surface area contributed by atoms with Gasteiger partial charge in [-0.05, 0) is 57.8 Å². The van der Waals surface area contributed by atoms with Crippen molar-refractivity contribution in [2.45, 2.75) is 514 Å². The Morgan fingerprint density at radius 2 is 0.500 bits per heavy atom. The van der Waals surface area contributed by atoms with E-state index < -0.39 is 12.1 Å². The molecule has 0 rings (SSSR count). The normalized spacial score (nSPS) is 12.5. The fraction of sp³-hybridized carbons (Fsp3) is 0.932. The second kappa shape index (κ2) is 83.8. The van der Waals surface area contributed by atoms with Crippen molar-refractivity contribution in [3.8, 4) is 0 Å². The second-order valence-corrected chi connectivity index (χ2v) is 30.2. The molecule has 94 heavy (non-hydrogen) atoms. The maximum Gasteiger partial charge on any atom is 0.305 e. The maximum atomic E-state index is 12.6. The van der Waals surface area contributed by atoms with Crippen LogP contribution in [0.2, 0.25) is 0 Å². The highest BCUT2D eigenvalue weighted by atomic mass is 16.5. The van der Waals surface area contributed by atoms with Crippen LogP contribution in [0.5, 0.6) is 0 Å². The molecule has 2 unspecified atom stereocenters. The largest absolute Gasteiger partial charge is 0.466 e. The molecule has 2 atom stereocenters. The molecule has 0 heterocycles. The molecule has 0 saturated carbocycles. The molecule has 0 bridgehead atoms. The Labute approximate surface area is 590 Å². The molecule has 0 aromatic heterocycles. The predicted molar refractivity (Wildman–Crippen MR) is 417 cm³/mol. The first-order valence-electron chi connectivity index (χ1n) is 43.6. The van der Waals surface area contributed by atoms with Gasteiger partial charge in [-0.1, -0.05) is 456 Å². The van der Waals surface area contributed by atoms with Gasteiger partial charge in [0, 0.05) is 12.8 Å². The molecule has 0 fully saturated rings. The van der Waals surface area contributed by atoms with E-state index in [0.29, 0.717) is 19.4 Å². The number of ether oxygens (including phenoxy) is 1. The average molecular weight is 1320 g/mol. The number of aliphatic hydroxyl groups excluding tert-OH is 2. The van der Waals surface area contributed by atoms with E-state index in [1.54, 1.807) is 6.08 Å². The van der Waals surface area contributed by atoms with E-state index in [4.69, 9.17) is 4.74 Å². The van der Waals surface area contributed by atoms with Crippen LogP contribution >= 0.6 is 0 Å². The van der Waals surface area contributed by atoms with Crippen molar-refractivity contribution in [2.24, 2.45) is 0 Å². The lowest BCUT2D eigenvalue weighted by Crippen LogP contribution is -2.45. The molecule has 0 aromatic carbocycles. The van der Waals surface area contributed by atoms with Crippen molar-refractivity contribution in [2.75, 3.05) is 13.2 Å². The summed E-state index contributed by atoms with van der Waals surface area (Å²) in [5, 5.41) is 23.3. The van der Waals surface area contributed by atoms with Crippen molar-refractivity contribution >= 4 is 11.9 Å². The number of rotatable bonds is 83. The van der Waals surface area contributed by atoms with Crippen LogP contribution in [0.15, 0.2) is 24.3 Å². The van der Waals surface area contributed by atoms with Gasteiger partial charge in [0.15, 0.2) is 0 Å². The number of carbonyl (C=O) groups is 2. The van der Waals surface area contributed by atoms with Gasteiger partial charge in [-0.3, -0.25) is 9.59 Å². The molecule has 0 saturated heterocycles. The summed E-state index contributed by atoms with van der Waals surface area (Å²) in [7, 11) is 0. The number of hydrogen-bond acceptors (Lipinski definition) is 5. The number of hydrogen-bond donors (Lipinski definition) is 3. The Balaban J connectivity index is 3.32. The minimum Gasteiger partial charge on any atom is -0.466 e. The average Bonchev–Trinajstić information content (AvgIpc) is 3.79. The predicted octanol–water partition coefficient (Wildman–Crippen LogP) is 29.2. The van der Waals surface area contributed by atoms with Crippen LogP contribution in [0.25, 0.3) is 0 Å². The van der Waals surface area contributed by atoms with Crippen LogP contribution < -0.4 is 5.32 Å². The van der Waals surface area contributed by atoms with E-state index in [1.807, 2.05) is 6.08 Å². The van der Waals surface area contributed by atoms with Gasteiger partial charge >= 0.3 is 5.97 Å². The Morgan fingerprint density at radius 1 is 0.287 bits per heavy atom. The summed E-state index contributed by atoms with van der Waals surface area (Å²) in [6.07, 6.45) is 109. The lowest BCUT2D eigenvalue weighted by atomic mass is 10.0. The minimum atomic E-state index is -0.842.